The van der Waals surface area contributed by atoms with E-state index in [-0.39, 0.29) is 12.5 Å². The molecule has 2 aromatic rings. The number of aliphatic hydroxyl groups excluding tert-OH is 1. The first kappa shape index (κ1) is 17.2. The first-order valence-corrected chi connectivity index (χ1v) is 8.15. The highest BCUT2D eigenvalue weighted by molar-refractivity contribution is 5.95. The van der Waals surface area contributed by atoms with Crippen molar-refractivity contribution in [1.82, 2.24) is 10.3 Å². The number of pyridine rings is 1. The number of rotatable bonds is 8. The molecule has 4 heteroatoms. The smallest absolute Gasteiger partial charge is 0.244 e. The molecule has 2 N–H and O–H groups in total. The second-order valence-electron chi connectivity index (χ2n) is 5.67. The molecule has 1 amide bonds. The van der Waals surface area contributed by atoms with Crippen molar-refractivity contribution in [3.8, 4) is 0 Å². The van der Waals surface area contributed by atoms with Crippen LogP contribution in [0.1, 0.15) is 31.7 Å². The second-order valence-corrected chi connectivity index (χ2v) is 5.67. The molecule has 23 heavy (non-hydrogen) atoms. The summed E-state index contributed by atoms with van der Waals surface area (Å²) < 4.78 is 0. The molecule has 0 bridgehead atoms. The first-order chi connectivity index (χ1) is 11.2. The molecule has 1 aromatic heterocycles. The first-order valence-electron chi connectivity index (χ1n) is 8.15. The Labute approximate surface area is 137 Å². The van der Waals surface area contributed by atoms with E-state index in [1.54, 1.807) is 18.3 Å². The van der Waals surface area contributed by atoms with E-state index in [2.05, 4.69) is 17.2 Å². The number of nitrogens with zero attached hydrogens (tertiary/aromatic N) is 1. The van der Waals surface area contributed by atoms with Crippen molar-refractivity contribution < 1.29 is 9.90 Å². The van der Waals surface area contributed by atoms with Gasteiger partial charge in [-0.25, -0.2) is 0 Å². The Hall–Kier alpha value is -2.20. The molecule has 0 spiro atoms. The maximum atomic E-state index is 12.0. The topological polar surface area (TPSA) is 62.2 Å². The van der Waals surface area contributed by atoms with Crippen molar-refractivity contribution >= 4 is 22.9 Å². The van der Waals surface area contributed by atoms with Crippen LogP contribution in [-0.4, -0.2) is 29.1 Å². The average Bonchev–Trinajstić information content (AvgIpc) is 2.58. The summed E-state index contributed by atoms with van der Waals surface area (Å²) in [4.78, 5) is 16.4. The Bertz CT molecular complexity index is 656. The minimum absolute atomic E-state index is 0.114. The number of hydrogen-bond donors (Lipinski definition) is 2. The quantitative estimate of drug-likeness (QED) is 0.736. The molecule has 4 nitrogen and oxygen atoms in total. The molecule has 1 heterocycles. The summed E-state index contributed by atoms with van der Waals surface area (Å²) in [6.07, 6.45) is 7.89. The monoisotopic (exact) mass is 312 g/mol. The number of aliphatic hydroxyl groups is 1. The maximum absolute atomic E-state index is 12.0. The van der Waals surface area contributed by atoms with Crippen LogP contribution in [0.15, 0.2) is 42.6 Å². The predicted molar refractivity (Wildman–Crippen MR) is 93.9 cm³/mol. The fourth-order valence-electron chi connectivity index (χ4n) is 2.67. The summed E-state index contributed by atoms with van der Waals surface area (Å²) in [6.45, 7) is 2.88. The molecular weight excluding hydrogens is 288 g/mol. The fourth-order valence-corrected chi connectivity index (χ4v) is 2.67. The largest absolute Gasteiger partial charge is 0.396 e. The number of benzene rings is 1. The van der Waals surface area contributed by atoms with E-state index in [4.69, 9.17) is 5.11 Å². The number of carbonyl (C=O) groups excluding carboxylic acids is 1. The minimum Gasteiger partial charge on any atom is -0.396 e. The molecule has 0 fully saturated rings. The number of nitrogens with one attached hydrogen (secondary N) is 1. The van der Waals surface area contributed by atoms with Gasteiger partial charge in [0.2, 0.25) is 5.91 Å². The van der Waals surface area contributed by atoms with E-state index in [0.717, 1.165) is 35.7 Å². The van der Waals surface area contributed by atoms with Gasteiger partial charge in [-0.05, 0) is 30.9 Å². The van der Waals surface area contributed by atoms with Crippen LogP contribution in [0.25, 0.3) is 17.0 Å². The number of fused-ring (bicyclic) bond motifs is 1. The molecule has 0 aliphatic carbocycles. The molecule has 0 saturated carbocycles. The van der Waals surface area contributed by atoms with Crippen molar-refractivity contribution in [2.45, 2.75) is 26.2 Å². The van der Waals surface area contributed by atoms with E-state index < -0.39 is 0 Å². The van der Waals surface area contributed by atoms with E-state index in [1.165, 1.54) is 0 Å². The van der Waals surface area contributed by atoms with E-state index in [1.807, 2.05) is 30.3 Å². The highest BCUT2D eigenvalue weighted by Gasteiger charge is 2.08. The van der Waals surface area contributed by atoms with Gasteiger partial charge in [0.25, 0.3) is 0 Å². The summed E-state index contributed by atoms with van der Waals surface area (Å²) in [7, 11) is 0. The second kappa shape index (κ2) is 9.06. The lowest BCUT2D eigenvalue weighted by atomic mass is 10.0. The molecule has 2 rings (SSSR count). The Morgan fingerprint density at radius 1 is 1.30 bits per heavy atom. The number of aromatic nitrogens is 1. The van der Waals surface area contributed by atoms with Crippen molar-refractivity contribution in [3.63, 3.8) is 0 Å². The highest BCUT2D eigenvalue weighted by atomic mass is 16.3. The number of carbonyl (C=O) groups is 1. The lowest BCUT2D eigenvalue weighted by Gasteiger charge is -2.14. The molecule has 0 aliphatic heterocycles. The number of para-hydroxylation sites is 1. The Balaban J connectivity index is 1.97. The van der Waals surface area contributed by atoms with Crippen LogP contribution in [0.2, 0.25) is 0 Å². The van der Waals surface area contributed by atoms with Crippen LogP contribution >= 0.6 is 0 Å². The van der Waals surface area contributed by atoms with Crippen LogP contribution in [0.4, 0.5) is 0 Å². The van der Waals surface area contributed by atoms with E-state index in [9.17, 15) is 4.79 Å². The fraction of sp³-hybridized carbons (Fsp3) is 0.368. The van der Waals surface area contributed by atoms with Crippen LogP contribution in [0.5, 0.6) is 0 Å². The normalized spacial score (nSPS) is 12.6. The number of amides is 1. The lowest BCUT2D eigenvalue weighted by Crippen LogP contribution is -2.28. The molecule has 122 valence electrons. The molecule has 0 aliphatic rings. The van der Waals surface area contributed by atoms with Gasteiger partial charge >= 0.3 is 0 Å². The molecule has 0 radical (unpaired) electrons. The van der Waals surface area contributed by atoms with Crippen molar-refractivity contribution in [2.24, 2.45) is 5.92 Å². The van der Waals surface area contributed by atoms with Crippen LogP contribution in [-0.2, 0) is 4.79 Å². The standard InChI is InChI=1S/C19H24N2O2/c1-2-5-15(11-13-22)14-21-18(23)10-9-17-7-3-6-16-8-4-12-20-19(16)17/h3-4,6-10,12,15,22H,2,5,11,13-14H2,1H3,(H,21,23)/b10-9+. The van der Waals surface area contributed by atoms with Crippen LogP contribution in [0, 0.1) is 5.92 Å². The van der Waals surface area contributed by atoms with Gasteiger partial charge in [-0.2, -0.15) is 0 Å². The van der Waals surface area contributed by atoms with Gasteiger partial charge in [-0.3, -0.25) is 9.78 Å². The number of hydrogen-bond acceptors (Lipinski definition) is 3. The Morgan fingerprint density at radius 2 is 2.13 bits per heavy atom. The third-order valence-corrected chi connectivity index (χ3v) is 3.88. The highest BCUT2D eigenvalue weighted by Crippen LogP contribution is 2.17. The predicted octanol–water partition coefficient (Wildman–Crippen LogP) is 3.16. The van der Waals surface area contributed by atoms with E-state index >= 15 is 0 Å². The van der Waals surface area contributed by atoms with Gasteiger partial charge in [0.05, 0.1) is 5.52 Å². The van der Waals surface area contributed by atoms with Gasteiger partial charge < -0.3 is 10.4 Å². The lowest BCUT2D eigenvalue weighted by molar-refractivity contribution is -0.116. The minimum atomic E-state index is -0.114. The van der Waals surface area contributed by atoms with Crippen LogP contribution in [0.3, 0.4) is 0 Å². The Morgan fingerprint density at radius 3 is 2.91 bits per heavy atom. The SMILES string of the molecule is CCCC(CCO)CNC(=O)/C=C/c1cccc2cccnc12. The third-order valence-electron chi connectivity index (χ3n) is 3.88. The van der Waals surface area contributed by atoms with Gasteiger partial charge in [0.15, 0.2) is 0 Å². The molecular formula is C19H24N2O2. The molecule has 1 aromatic carbocycles. The van der Waals surface area contributed by atoms with Gasteiger partial charge in [-0.15, -0.1) is 0 Å². The summed E-state index contributed by atoms with van der Waals surface area (Å²) in [5, 5.41) is 13.0. The summed E-state index contributed by atoms with van der Waals surface area (Å²) in [5.41, 5.74) is 1.82. The molecule has 1 atom stereocenters. The Kier molecular flexibility index (Phi) is 6.76. The summed E-state index contributed by atoms with van der Waals surface area (Å²) in [5.74, 6) is 0.221. The van der Waals surface area contributed by atoms with E-state index in [0.29, 0.717) is 12.5 Å². The zero-order valence-electron chi connectivity index (χ0n) is 13.5. The van der Waals surface area contributed by atoms with Gasteiger partial charge in [-0.1, -0.05) is 37.6 Å². The summed E-state index contributed by atoms with van der Waals surface area (Å²) in [6, 6.07) is 9.82. The van der Waals surface area contributed by atoms with Crippen molar-refractivity contribution in [2.75, 3.05) is 13.2 Å². The van der Waals surface area contributed by atoms with Crippen LogP contribution < -0.4 is 5.32 Å². The average molecular weight is 312 g/mol. The molecule has 0 saturated heterocycles. The maximum Gasteiger partial charge on any atom is 0.244 e. The van der Waals surface area contributed by atoms with Gasteiger partial charge in [0, 0.05) is 36.4 Å². The summed E-state index contributed by atoms with van der Waals surface area (Å²) >= 11 is 0. The zero-order valence-corrected chi connectivity index (χ0v) is 13.5. The molecule has 1 unspecified atom stereocenters. The van der Waals surface area contributed by atoms with Crippen molar-refractivity contribution in [3.05, 3.63) is 48.2 Å². The van der Waals surface area contributed by atoms with Crippen molar-refractivity contribution in [1.29, 1.82) is 0 Å². The van der Waals surface area contributed by atoms with Gasteiger partial charge in [0.1, 0.15) is 0 Å². The third kappa shape index (κ3) is 5.18. The zero-order chi connectivity index (χ0) is 16.5.